The molecule has 0 bridgehead atoms. The van der Waals surface area contributed by atoms with E-state index >= 15 is 0 Å². The van der Waals surface area contributed by atoms with E-state index < -0.39 is 5.97 Å². The third-order valence-corrected chi connectivity index (χ3v) is 5.03. The van der Waals surface area contributed by atoms with Gasteiger partial charge in [-0.15, -0.1) is 0 Å². The summed E-state index contributed by atoms with van der Waals surface area (Å²) in [7, 11) is 0. The molecule has 0 fully saturated rings. The van der Waals surface area contributed by atoms with Crippen LogP contribution in [-0.2, 0) is 11.4 Å². The van der Waals surface area contributed by atoms with Crippen molar-refractivity contribution in [1.29, 1.82) is 0 Å². The number of nitrogens with zero attached hydrogens (tertiary/aromatic N) is 2. The van der Waals surface area contributed by atoms with Gasteiger partial charge >= 0.3 is 5.97 Å². The molecule has 4 aromatic rings. The zero-order valence-electron chi connectivity index (χ0n) is 17.5. The number of aromatic nitrogens is 2. The SMILES string of the molecule is NC(=Cc1nc(-c2ccc(OCc3ccccc3)cc2)cc(-c2cccc(Cl)c2)n1)C(=O)O. The Bertz CT molecular complexity index is 1310. The Balaban J connectivity index is 1.66. The van der Waals surface area contributed by atoms with E-state index in [1.54, 1.807) is 12.1 Å². The Morgan fingerprint density at radius 3 is 2.27 bits per heavy atom. The normalized spacial score (nSPS) is 11.2. The fraction of sp³-hybridized carbons (Fsp3) is 0.0385. The minimum atomic E-state index is -1.24. The number of carboxylic acids is 1. The molecule has 1 heterocycles. The van der Waals surface area contributed by atoms with Crippen molar-refractivity contribution in [2.75, 3.05) is 0 Å². The van der Waals surface area contributed by atoms with Crippen LogP contribution in [0.3, 0.4) is 0 Å². The van der Waals surface area contributed by atoms with Crippen molar-refractivity contribution in [2.45, 2.75) is 6.61 Å². The molecule has 0 atom stereocenters. The molecule has 4 rings (SSSR count). The van der Waals surface area contributed by atoms with E-state index in [0.717, 1.165) is 22.4 Å². The molecule has 33 heavy (non-hydrogen) atoms. The maximum atomic E-state index is 11.2. The predicted molar refractivity (Wildman–Crippen MR) is 128 cm³/mol. The van der Waals surface area contributed by atoms with Crippen LogP contribution in [0, 0.1) is 0 Å². The van der Waals surface area contributed by atoms with Crippen LogP contribution >= 0.6 is 11.6 Å². The number of nitrogens with two attached hydrogens (primary N) is 1. The van der Waals surface area contributed by atoms with Gasteiger partial charge in [-0.05, 0) is 48.0 Å². The maximum Gasteiger partial charge on any atom is 0.351 e. The number of ether oxygens (including phenoxy) is 1. The van der Waals surface area contributed by atoms with E-state index in [2.05, 4.69) is 9.97 Å². The van der Waals surface area contributed by atoms with E-state index in [0.29, 0.717) is 23.0 Å². The molecule has 0 radical (unpaired) electrons. The van der Waals surface area contributed by atoms with Crippen molar-refractivity contribution < 1.29 is 14.6 Å². The van der Waals surface area contributed by atoms with Crippen LogP contribution in [0.2, 0.25) is 5.02 Å². The summed E-state index contributed by atoms with van der Waals surface area (Å²) in [6.45, 7) is 0.468. The lowest BCUT2D eigenvalue weighted by atomic mass is 10.1. The summed E-state index contributed by atoms with van der Waals surface area (Å²) in [6.07, 6.45) is 1.23. The van der Waals surface area contributed by atoms with Crippen LogP contribution in [0.15, 0.2) is 90.6 Å². The Morgan fingerprint density at radius 2 is 1.61 bits per heavy atom. The van der Waals surface area contributed by atoms with Crippen molar-refractivity contribution in [3.63, 3.8) is 0 Å². The first-order chi connectivity index (χ1) is 16.0. The zero-order chi connectivity index (χ0) is 23.2. The number of carbonyl (C=O) groups is 1. The van der Waals surface area contributed by atoms with Crippen LogP contribution in [0.1, 0.15) is 11.4 Å². The molecule has 0 aliphatic rings. The Morgan fingerprint density at radius 1 is 0.909 bits per heavy atom. The Labute approximate surface area is 196 Å². The van der Waals surface area contributed by atoms with E-state index in [4.69, 9.17) is 27.2 Å². The van der Waals surface area contributed by atoms with Crippen LogP contribution in [0.4, 0.5) is 0 Å². The molecule has 0 saturated carbocycles. The van der Waals surface area contributed by atoms with Gasteiger partial charge in [0.25, 0.3) is 0 Å². The molecule has 164 valence electrons. The highest BCUT2D eigenvalue weighted by Gasteiger charge is 2.11. The molecule has 0 unspecified atom stereocenters. The summed E-state index contributed by atoms with van der Waals surface area (Å²) >= 11 is 6.14. The first-order valence-electron chi connectivity index (χ1n) is 10.1. The predicted octanol–water partition coefficient (Wildman–Crippen LogP) is 5.43. The molecule has 7 heteroatoms. The molecule has 0 saturated heterocycles. The van der Waals surface area contributed by atoms with Gasteiger partial charge in [-0.3, -0.25) is 0 Å². The lowest BCUT2D eigenvalue weighted by Gasteiger charge is -2.10. The summed E-state index contributed by atoms with van der Waals surface area (Å²) in [5.74, 6) is -0.332. The van der Waals surface area contributed by atoms with Crippen LogP contribution in [0.25, 0.3) is 28.6 Å². The van der Waals surface area contributed by atoms with Gasteiger partial charge in [-0.1, -0.05) is 54.1 Å². The summed E-state index contributed by atoms with van der Waals surface area (Å²) in [5.41, 5.74) is 9.12. The van der Waals surface area contributed by atoms with E-state index in [-0.39, 0.29) is 11.5 Å². The topological polar surface area (TPSA) is 98.3 Å². The second kappa shape index (κ2) is 9.97. The quantitative estimate of drug-likeness (QED) is 0.359. The van der Waals surface area contributed by atoms with Crippen LogP contribution < -0.4 is 10.5 Å². The fourth-order valence-electron chi connectivity index (χ4n) is 3.14. The smallest absolute Gasteiger partial charge is 0.351 e. The average molecular weight is 458 g/mol. The number of hydrogen-bond acceptors (Lipinski definition) is 5. The number of halogens is 1. The highest BCUT2D eigenvalue weighted by atomic mass is 35.5. The molecule has 3 aromatic carbocycles. The minimum Gasteiger partial charge on any atom is -0.489 e. The molecule has 3 N–H and O–H groups in total. The third-order valence-electron chi connectivity index (χ3n) is 4.79. The summed E-state index contributed by atoms with van der Waals surface area (Å²) in [4.78, 5) is 20.1. The minimum absolute atomic E-state index is 0.187. The highest BCUT2D eigenvalue weighted by Crippen LogP contribution is 2.27. The fourth-order valence-corrected chi connectivity index (χ4v) is 3.33. The van der Waals surface area contributed by atoms with Crippen molar-refractivity contribution in [1.82, 2.24) is 9.97 Å². The van der Waals surface area contributed by atoms with Crippen LogP contribution in [0.5, 0.6) is 5.75 Å². The van der Waals surface area contributed by atoms with Gasteiger partial charge in [-0.2, -0.15) is 0 Å². The first-order valence-corrected chi connectivity index (χ1v) is 10.5. The van der Waals surface area contributed by atoms with Gasteiger partial charge < -0.3 is 15.6 Å². The maximum absolute atomic E-state index is 11.2. The third kappa shape index (κ3) is 5.75. The first kappa shape index (κ1) is 22.0. The van der Waals surface area contributed by atoms with Crippen molar-refractivity contribution >= 4 is 23.6 Å². The van der Waals surface area contributed by atoms with Gasteiger partial charge in [0.1, 0.15) is 18.1 Å². The number of hydrogen-bond donors (Lipinski definition) is 2. The van der Waals surface area contributed by atoms with Crippen LogP contribution in [-0.4, -0.2) is 21.0 Å². The highest BCUT2D eigenvalue weighted by molar-refractivity contribution is 6.30. The summed E-state index contributed by atoms with van der Waals surface area (Å²) in [5, 5.41) is 9.70. The molecular weight excluding hydrogens is 438 g/mol. The van der Waals surface area contributed by atoms with Gasteiger partial charge in [0.05, 0.1) is 11.4 Å². The number of aliphatic carboxylic acids is 1. The van der Waals surface area contributed by atoms with Crippen molar-refractivity contribution in [3.05, 3.63) is 107 Å². The lowest BCUT2D eigenvalue weighted by Crippen LogP contribution is -2.10. The second-order valence-electron chi connectivity index (χ2n) is 7.21. The van der Waals surface area contributed by atoms with E-state index in [1.807, 2.05) is 72.8 Å². The van der Waals surface area contributed by atoms with E-state index in [9.17, 15) is 4.79 Å². The number of rotatable bonds is 7. The van der Waals surface area contributed by atoms with Gasteiger partial charge in [0.15, 0.2) is 5.82 Å². The van der Waals surface area contributed by atoms with Gasteiger partial charge in [0.2, 0.25) is 0 Å². The molecular formula is C26H20ClN3O3. The average Bonchev–Trinajstić information content (AvgIpc) is 2.83. The number of benzene rings is 3. The van der Waals surface area contributed by atoms with E-state index in [1.165, 1.54) is 6.08 Å². The number of carboxylic acid groups (broad SMARTS) is 1. The zero-order valence-corrected chi connectivity index (χ0v) is 18.2. The summed E-state index contributed by atoms with van der Waals surface area (Å²) in [6, 6.07) is 26.5. The van der Waals surface area contributed by atoms with Gasteiger partial charge in [0, 0.05) is 22.2 Å². The largest absolute Gasteiger partial charge is 0.489 e. The molecule has 0 aliphatic heterocycles. The monoisotopic (exact) mass is 457 g/mol. The Hall–Kier alpha value is -4.16. The summed E-state index contributed by atoms with van der Waals surface area (Å²) < 4.78 is 5.85. The Kier molecular flexibility index (Phi) is 6.66. The van der Waals surface area contributed by atoms with Crippen molar-refractivity contribution in [3.8, 4) is 28.3 Å². The van der Waals surface area contributed by atoms with Crippen molar-refractivity contribution in [2.24, 2.45) is 5.73 Å². The lowest BCUT2D eigenvalue weighted by molar-refractivity contribution is -0.132. The molecule has 0 spiro atoms. The molecule has 6 nitrogen and oxygen atoms in total. The second-order valence-corrected chi connectivity index (χ2v) is 7.65. The molecule has 0 amide bonds. The standard InChI is InChI=1S/C26H20ClN3O3/c27-20-8-4-7-19(13-20)24-15-23(29-25(30-24)14-22(28)26(31)32)18-9-11-21(12-10-18)33-16-17-5-2-1-3-6-17/h1-15H,16,28H2,(H,31,32). The van der Waals surface area contributed by atoms with Gasteiger partial charge in [-0.25, -0.2) is 14.8 Å². The molecule has 0 aliphatic carbocycles. The molecule has 1 aromatic heterocycles.